The van der Waals surface area contributed by atoms with Crippen LogP contribution in [0.1, 0.15) is 28.1 Å². The molecule has 4 rings (SSSR count). The number of anilines is 1. The van der Waals surface area contributed by atoms with Gasteiger partial charge in [0.2, 0.25) is 5.91 Å². The van der Waals surface area contributed by atoms with Gasteiger partial charge in [-0.3, -0.25) is 9.59 Å². The van der Waals surface area contributed by atoms with Crippen LogP contribution >= 0.6 is 11.3 Å². The van der Waals surface area contributed by atoms with E-state index in [0.717, 1.165) is 34.7 Å². The van der Waals surface area contributed by atoms with Crippen molar-refractivity contribution in [1.82, 2.24) is 14.9 Å². The van der Waals surface area contributed by atoms with Crippen LogP contribution in [0.2, 0.25) is 0 Å². The number of morpholine rings is 1. The first-order valence-electron chi connectivity index (χ1n) is 9.21. The van der Waals surface area contributed by atoms with Crippen molar-refractivity contribution in [2.75, 3.05) is 44.3 Å². The summed E-state index contributed by atoms with van der Waals surface area (Å²) in [7, 11) is 0. The second kappa shape index (κ2) is 7.40. The van der Waals surface area contributed by atoms with Crippen LogP contribution in [-0.4, -0.2) is 66.1 Å². The molecule has 2 N–H and O–H groups in total. The van der Waals surface area contributed by atoms with Crippen molar-refractivity contribution in [3.8, 4) is 0 Å². The number of thiophene rings is 1. The number of fused-ring (bicyclic) bond motifs is 1. The van der Waals surface area contributed by atoms with Crippen LogP contribution in [0.4, 0.5) is 5.82 Å². The molecule has 0 unspecified atom stereocenters. The molecule has 4 heterocycles. The Morgan fingerprint density at radius 1 is 1.19 bits per heavy atom. The van der Waals surface area contributed by atoms with E-state index in [2.05, 4.69) is 14.9 Å². The number of nitrogens with zero attached hydrogens (tertiary/aromatic N) is 4. The van der Waals surface area contributed by atoms with Crippen molar-refractivity contribution in [2.24, 2.45) is 11.7 Å². The number of piperidine rings is 1. The second-order valence-electron chi connectivity index (χ2n) is 7.00. The van der Waals surface area contributed by atoms with Gasteiger partial charge in [-0.15, -0.1) is 11.3 Å². The zero-order valence-electron chi connectivity index (χ0n) is 15.3. The first kappa shape index (κ1) is 18.1. The van der Waals surface area contributed by atoms with Crippen LogP contribution in [0.25, 0.3) is 10.2 Å². The predicted octanol–water partition coefficient (Wildman–Crippen LogP) is 1.17. The maximum absolute atomic E-state index is 13.1. The SMILES string of the molecule is Cc1c(C(=O)N2CCC(C(N)=O)CC2)sc2ncnc(N3CCOCC3)c12. The Morgan fingerprint density at radius 3 is 2.56 bits per heavy atom. The Kier molecular flexibility index (Phi) is 4.96. The third-order valence-corrected chi connectivity index (χ3v) is 6.58. The zero-order chi connectivity index (χ0) is 19.0. The number of carbonyl (C=O) groups excluding carboxylic acids is 2. The lowest BCUT2D eigenvalue weighted by atomic mass is 9.96. The molecular weight excluding hydrogens is 366 g/mol. The largest absolute Gasteiger partial charge is 0.378 e. The lowest BCUT2D eigenvalue weighted by Crippen LogP contribution is -2.41. The zero-order valence-corrected chi connectivity index (χ0v) is 16.1. The minimum Gasteiger partial charge on any atom is -0.378 e. The van der Waals surface area contributed by atoms with Crippen LogP contribution in [0.5, 0.6) is 0 Å². The van der Waals surface area contributed by atoms with E-state index in [1.54, 1.807) is 6.33 Å². The van der Waals surface area contributed by atoms with Crippen molar-refractivity contribution >= 4 is 39.2 Å². The summed E-state index contributed by atoms with van der Waals surface area (Å²) in [4.78, 5) is 38.9. The van der Waals surface area contributed by atoms with Crippen LogP contribution < -0.4 is 10.6 Å². The normalized spacial score (nSPS) is 18.9. The highest BCUT2D eigenvalue weighted by Crippen LogP contribution is 2.36. The fourth-order valence-electron chi connectivity index (χ4n) is 3.78. The van der Waals surface area contributed by atoms with E-state index in [4.69, 9.17) is 10.5 Å². The Hall–Kier alpha value is -2.26. The van der Waals surface area contributed by atoms with E-state index in [-0.39, 0.29) is 17.7 Å². The molecule has 27 heavy (non-hydrogen) atoms. The number of carbonyl (C=O) groups is 2. The van der Waals surface area contributed by atoms with Crippen molar-refractivity contribution in [1.29, 1.82) is 0 Å². The van der Waals surface area contributed by atoms with E-state index in [1.807, 2.05) is 11.8 Å². The number of aromatic nitrogens is 2. The van der Waals surface area contributed by atoms with Gasteiger partial charge in [0.05, 0.1) is 23.5 Å². The van der Waals surface area contributed by atoms with Crippen LogP contribution in [0, 0.1) is 12.8 Å². The number of rotatable bonds is 3. The molecule has 2 aliphatic rings. The molecule has 9 heteroatoms. The Balaban J connectivity index is 1.62. The van der Waals surface area contributed by atoms with E-state index in [9.17, 15) is 9.59 Å². The molecule has 2 aromatic heterocycles. The van der Waals surface area contributed by atoms with E-state index in [0.29, 0.717) is 44.0 Å². The molecular formula is C18H23N5O3S. The monoisotopic (exact) mass is 389 g/mol. The van der Waals surface area contributed by atoms with Crippen LogP contribution in [0.15, 0.2) is 6.33 Å². The number of ether oxygens (including phenoxy) is 1. The van der Waals surface area contributed by atoms with Gasteiger partial charge in [0.15, 0.2) is 0 Å². The van der Waals surface area contributed by atoms with Crippen LogP contribution in [0.3, 0.4) is 0 Å². The maximum Gasteiger partial charge on any atom is 0.264 e. The number of hydrogen-bond donors (Lipinski definition) is 1. The third-order valence-electron chi connectivity index (χ3n) is 5.40. The summed E-state index contributed by atoms with van der Waals surface area (Å²) in [5.41, 5.74) is 6.32. The van der Waals surface area contributed by atoms with Gasteiger partial charge in [-0.1, -0.05) is 0 Å². The number of likely N-dealkylation sites (tertiary alicyclic amines) is 1. The molecule has 0 spiro atoms. The molecule has 2 amide bonds. The summed E-state index contributed by atoms with van der Waals surface area (Å²) in [6.07, 6.45) is 2.82. The quantitative estimate of drug-likeness (QED) is 0.846. The Labute approximate surface area is 161 Å². The minimum atomic E-state index is -0.273. The first-order valence-corrected chi connectivity index (χ1v) is 10.0. The highest BCUT2D eigenvalue weighted by molar-refractivity contribution is 7.20. The summed E-state index contributed by atoms with van der Waals surface area (Å²) in [5, 5.41) is 0.958. The lowest BCUT2D eigenvalue weighted by molar-refractivity contribution is -0.123. The highest BCUT2D eigenvalue weighted by atomic mass is 32.1. The molecule has 2 saturated heterocycles. The smallest absolute Gasteiger partial charge is 0.264 e. The van der Waals surface area contributed by atoms with Gasteiger partial charge in [0.1, 0.15) is 17.0 Å². The number of amides is 2. The third kappa shape index (κ3) is 3.37. The molecule has 0 atom stereocenters. The standard InChI is InChI=1S/C18H23N5O3S/c1-11-13-16(22-6-8-26-9-7-22)20-10-21-17(13)27-14(11)18(25)23-4-2-12(3-5-23)15(19)24/h10,12H,2-9H2,1H3,(H2,19,24). The number of nitrogens with two attached hydrogens (primary N) is 1. The van der Waals surface area contributed by atoms with Gasteiger partial charge in [-0.05, 0) is 25.3 Å². The summed E-state index contributed by atoms with van der Waals surface area (Å²) >= 11 is 1.42. The average Bonchev–Trinajstić information content (AvgIpc) is 3.05. The summed E-state index contributed by atoms with van der Waals surface area (Å²) in [5.74, 6) is 0.483. The number of hydrogen-bond acceptors (Lipinski definition) is 7. The van der Waals surface area contributed by atoms with Crippen molar-refractivity contribution in [3.63, 3.8) is 0 Å². The van der Waals surface area contributed by atoms with Gasteiger partial charge >= 0.3 is 0 Å². The topological polar surface area (TPSA) is 102 Å². The van der Waals surface area contributed by atoms with E-state index in [1.165, 1.54) is 11.3 Å². The molecule has 0 radical (unpaired) electrons. The van der Waals surface area contributed by atoms with Crippen molar-refractivity contribution in [2.45, 2.75) is 19.8 Å². The second-order valence-corrected chi connectivity index (χ2v) is 8.00. The van der Waals surface area contributed by atoms with Crippen molar-refractivity contribution in [3.05, 3.63) is 16.8 Å². The molecule has 2 aliphatic heterocycles. The van der Waals surface area contributed by atoms with Gasteiger partial charge in [-0.25, -0.2) is 9.97 Å². The lowest BCUT2D eigenvalue weighted by Gasteiger charge is -2.30. The maximum atomic E-state index is 13.1. The molecule has 0 aromatic carbocycles. The van der Waals surface area contributed by atoms with Crippen molar-refractivity contribution < 1.29 is 14.3 Å². The summed E-state index contributed by atoms with van der Waals surface area (Å²) < 4.78 is 5.44. The van der Waals surface area contributed by atoms with Gasteiger partial charge in [0.25, 0.3) is 5.91 Å². The number of primary amides is 1. The van der Waals surface area contributed by atoms with Gasteiger partial charge in [0, 0.05) is 32.1 Å². The van der Waals surface area contributed by atoms with E-state index < -0.39 is 0 Å². The summed E-state index contributed by atoms with van der Waals surface area (Å²) in [6.45, 7) is 6.00. The Morgan fingerprint density at radius 2 is 1.89 bits per heavy atom. The molecule has 0 aliphatic carbocycles. The summed E-state index contributed by atoms with van der Waals surface area (Å²) in [6, 6.07) is 0. The molecule has 144 valence electrons. The Bertz CT molecular complexity index is 869. The minimum absolute atomic E-state index is 0.00588. The first-order chi connectivity index (χ1) is 13.1. The molecule has 8 nitrogen and oxygen atoms in total. The average molecular weight is 389 g/mol. The fraction of sp³-hybridized carbons (Fsp3) is 0.556. The van der Waals surface area contributed by atoms with Crippen LogP contribution in [-0.2, 0) is 9.53 Å². The molecule has 0 saturated carbocycles. The molecule has 2 fully saturated rings. The van der Waals surface area contributed by atoms with E-state index >= 15 is 0 Å². The highest BCUT2D eigenvalue weighted by Gasteiger charge is 2.29. The predicted molar refractivity (Wildman–Crippen MR) is 103 cm³/mol. The van der Waals surface area contributed by atoms with Gasteiger partial charge < -0.3 is 20.3 Å². The molecule has 2 aromatic rings. The number of aryl methyl sites for hydroxylation is 1. The molecule has 0 bridgehead atoms. The fourth-order valence-corrected chi connectivity index (χ4v) is 4.89. The van der Waals surface area contributed by atoms with Gasteiger partial charge in [-0.2, -0.15) is 0 Å².